The smallest absolute Gasteiger partial charge is 0.255 e. The fraction of sp³-hybridized carbons (Fsp3) is 0.667. The second-order valence-corrected chi connectivity index (χ2v) is 6.41. The van der Waals surface area contributed by atoms with Crippen molar-refractivity contribution < 1.29 is 0 Å². The monoisotopic (exact) mass is 248 g/mol. The average Bonchev–Trinajstić information content (AvgIpc) is 2.67. The van der Waals surface area contributed by atoms with Crippen LogP contribution in [-0.2, 0) is 24.9 Å². The average molecular weight is 248 g/mol. The second kappa shape index (κ2) is 4.54. The molecular formula is C15H24N2O. The first-order valence-electron chi connectivity index (χ1n) is 6.85. The van der Waals surface area contributed by atoms with Crippen molar-refractivity contribution in [1.82, 2.24) is 4.57 Å². The third-order valence-corrected chi connectivity index (χ3v) is 3.59. The zero-order chi connectivity index (χ0) is 13.5. The lowest BCUT2D eigenvalue weighted by Crippen LogP contribution is -2.39. The minimum atomic E-state index is -0.562. The second-order valence-electron chi connectivity index (χ2n) is 6.41. The molecule has 0 aliphatic heterocycles. The molecule has 2 N–H and O–H groups in total. The summed E-state index contributed by atoms with van der Waals surface area (Å²) in [5.74, 6) is 0.475. The van der Waals surface area contributed by atoms with E-state index in [1.165, 1.54) is 11.3 Å². The Morgan fingerprint density at radius 2 is 2.06 bits per heavy atom. The van der Waals surface area contributed by atoms with Gasteiger partial charge in [-0.3, -0.25) is 4.79 Å². The fourth-order valence-corrected chi connectivity index (χ4v) is 2.74. The first kappa shape index (κ1) is 13.3. The lowest BCUT2D eigenvalue weighted by Gasteiger charge is -2.23. The molecule has 1 heterocycles. The van der Waals surface area contributed by atoms with Gasteiger partial charge in [0.25, 0.3) is 5.56 Å². The molecule has 1 aliphatic rings. The molecule has 0 spiro atoms. The van der Waals surface area contributed by atoms with E-state index < -0.39 is 5.54 Å². The van der Waals surface area contributed by atoms with Crippen LogP contribution in [0.2, 0.25) is 0 Å². The predicted molar refractivity (Wildman–Crippen MR) is 74.8 cm³/mol. The number of aryl methyl sites for hydroxylation is 1. The molecule has 2 rings (SSSR count). The highest BCUT2D eigenvalue weighted by Gasteiger charge is 2.25. The van der Waals surface area contributed by atoms with Crippen LogP contribution in [0.25, 0.3) is 0 Å². The van der Waals surface area contributed by atoms with Gasteiger partial charge in [-0.05, 0) is 50.7 Å². The highest BCUT2D eigenvalue weighted by atomic mass is 16.1. The summed E-state index contributed by atoms with van der Waals surface area (Å²) in [6.07, 6.45) is 3.26. The van der Waals surface area contributed by atoms with E-state index in [-0.39, 0.29) is 5.56 Å². The van der Waals surface area contributed by atoms with Gasteiger partial charge in [-0.2, -0.15) is 0 Å². The summed E-state index contributed by atoms with van der Waals surface area (Å²) in [6.45, 7) is 8.91. The molecule has 0 amide bonds. The summed E-state index contributed by atoms with van der Waals surface area (Å²) < 4.78 is 1.97. The van der Waals surface area contributed by atoms with Gasteiger partial charge in [0.1, 0.15) is 0 Å². The maximum Gasteiger partial charge on any atom is 0.255 e. The van der Waals surface area contributed by atoms with Crippen LogP contribution in [0.3, 0.4) is 0 Å². The number of nitrogens with zero attached hydrogens (tertiary/aromatic N) is 1. The van der Waals surface area contributed by atoms with Crippen LogP contribution in [0.5, 0.6) is 0 Å². The molecule has 100 valence electrons. The molecule has 0 saturated heterocycles. The Kier molecular flexibility index (Phi) is 3.37. The number of pyridine rings is 1. The predicted octanol–water partition coefficient (Wildman–Crippen LogP) is 2.19. The van der Waals surface area contributed by atoms with Gasteiger partial charge in [0.2, 0.25) is 0 Å². The molecule has 0 radical (unpaired) electrons. The van der Waals surface area contributed by atoms with E-state index >= 15 is 0 Å². The SMILES string of the molecule is CC(C)Cn1c2c(cc(C(C)(C)N)c1=O)CCC2. The van der Waals surface area contributed by atoms with E-state index in [4.69, 9.17) is 5.73 Å². The molecule has 18 heavy (non-hydrogen) atoms. The number of aromatic nitrogens is 1. The molecule has 0 bridgehead atoms. The van der Waals surface area contributed by atoms with Gasteiger partial charge < -0.3 is 10.3 Å². The summed E-state index contributed by atoms with van der Waals surface area (Å²) in [4.78, 5) is 12.6. The first-order chi connectivity index (χ1) is 8.30. The van der Waals surface area contributed by atoms with Gasteiger partial charge in [0.15, 0.2) is 0 Å². The van der Waals surface area contributed by atoms with Crippen molar-refractivity contribution in [3.8, 4) is 0 Å². The van der Waals surface area contributed by atoms with E-state index in [0.29, 0.717) is 5.92 Å². The molecule has 1 aromatic heterocycles. The number of hydrogen-bond acceptors (Lipinski definition) is 2. The standard InChI is InChI=1S/C15H24N2O/c1-10(2)9-17-13-7-5-6-11(13)8-12(14(17)18)15(3,4)16/h8,10H,5-7,9,16H2,1-4H3. The lowest BCUT2D eigenvalue weighted by molar-refractivity contribution is 0.477. The maximum absolute atomic E-state index is 12.6. The van der Waals surface area contributed by atoms with Gasteiger partial charge in [-0.1, -0.05) is 13.8 Å². The zero-order valence-electron chi connectivity index (χ0n) is 11.9. The van der Waals surface area contributed by atoms with E-state index in [0.717, 1.165) is 31.4 Å². The first-order valence-corrected chi connectivity index (χ1v) is 6.85. The van der Waals surface area contributed by atoms with Crippen molar-refractivity contribution >= 4 is 0 Å². The van der Waals surface area contributed by atoms with Crippen LogP contribution in [0, 0.1) is 5.92 Å². The minimum Gasteiger partial charge on any atom is -0.322 e. The number of fused-ring (bicyclic) bond motifs is 1. The lowest BCUT2D eigenvalue weighted by atomic mass is 9.94. The quantitative estimate of drug-likeness (QED) is 0.891. The van der Waals surface area contributed by atoms with Gasteiger partial charge >= 0.3 is 0 Å². The molecule has 0 unspecified atom stereocenters. The van der Waals surface area contributed by atoms with E-state index in [1.807, 2.05) is 24.5 Å². The zero-order valence-corrected chi connectivity index (χ0v) is 11.9. The van der Waals surface area contributed by atoms with Crippen molar-refractivity contribution in [3.05, 3.63) is 33.2 Å². The molecule has 0 saturated carbocycles. The summed E-state index contributed by atoms with van der Waals surface area (Å²) in [5, 5.41) is 0. The fourth-order valence-electron chi connectivity index (χ4n) is 2.74. The summed E-state index contributed by atoms with van der Waals surface area (Å²) in [6, 6.07) is 2.04. The van der Waals surface area contributed by atoms with E-state index in [9.17, 15) is 4.79 Å². The van der Waals surface area contributed by atoms with Crippen molar-refractivity contribution in [2.45, 2.75) is 59.0 Å². The molecule has 3 heteroatoms. The molecule has 1 aliphatic carbocycles. The maximum atomic E-state index is 12.6. The number of hydrogen-bond donors (Lipinski definition) is 1. The Labute approximate surface area is 109 Å². The van der Waals surface area contributed by atoms with E-state index in [2.05, 4.69) is 13.8 Å². The van der Waals surface area contributed by atoms with Crippen LogP contribution >= 0.6 is 0 Å². The molecule has 0 atom stereocenters. The molecular weight excluding hydrogens is 224 g/mol. The molecule has 0 aromatic carbocycles. The molecule has 0 fully saturated rings. The Morgan fingerprint density at radius 1 is 1.39 bits per heavy atom. The highest BCUT2D eigenvalue weighted by Crippen LogP contribution is 2.25. The van der Waals surface area contributed by atoms with Gasteiger partial charge in [0.05, 0.1) is 0 Å². The molecule has 1 aromatic rings. The summed E-state index contributed by atoms with van der Waals surface area (Å²) in [7, 11) is 0. The third kappa shape index (κ3) is 2.37. The van der Waals surface area contributed by atoms with Gasteiger partial charge in [0, 0.05) is 23.3 Å². The number of nitrogens with two attached hydrogens (primary N) is 1. The van der Waals surface area contributed by atoms with Crippen LogP contribution in [0.15, 0.2) is 10.9 Å². The minimum absolute atomic E-state index is 0.108. The normalized spacial score (nSPS) is 15.2. The number of rotatable bonds is 3. The van der Waals surface area contributed by atoms with Crippen molar-refractivity contribution in [3.63, 3.8) is 0 Å². The largest absolute Gasteiger partial charge is 0.322 e. The van der Waals surface area contributed by atoms with Crippen LogP contribution in [-0.4, -0.2) is 4.57 Å². The summed E-state index contributed by atoms with van der Waals surface area (Å²) in [5.41, 5.74) is 9.00. The Bertz CT molecular complexity index is 506. The Hall–Kier alpha value is -1.09. The van der Waals surface area contributed by atoms with E-state index in [1.54, 1.807) is 0 Å². The van der Waals surface area contributed by atoms with Crippen LogP contribution in [0.4, 0.5) is 0 Å². The van der Waals surface area contributed by atoms with Crippen molar-refractivity contribution in [1.29, 1.82) is 0 Å². The van der Waals surface area contributed by atoms with Crippen LogP contribution < -0.4 is 11.3 Å². The third-order valence-electron chi connectivity index (χ3n) is 3.59. The Balaban J connectivity index is 2.63. The van der Waals surface area contributed by atoms with Crippen LogP contribution in [0.1, 0.15) is 50.9 Å². The highest BCUT2D eigenvalue weighted by molar-refractivity contribution is 5.33. The van der Waals surface area contributed by atoms with Gasteiger partial charge in [-0.15, -0.1) is 0 Å². The summed E-state index contributed by atoms with van der Waals surface area (Å²) >= 11 is 0. The van der Waals surface area contributed by atoms with Crippen molar-refractivity contribution in [2.24, 2.45) is 11.7 Å². The topological polar surface area (TPSA) is 48.0 Å². The molecule has 3 nitrogen and oxygen atoms in total. The van der Waals surface area contributed by atoms with Crippen molar-refractivity contribution in [2.75, 3.05) is 0 Å². The Morgan fingerprint density at radius 3 is 2.61 bits per heavy atom. The van der Waals surface area contributed by atoms with Gasteiger partial charge in [-0.25, -0.2) is 0 Å².